The quantitative estimate of drug-likeness (QED) is 0.580. The first-order valence-electron chi connectivity index (χ1n) is 8.73. The van der Waals surface area contributed by atoms with E-state index in [0.29, 0.717) is 16.9 Å². The van der Waals surface area contributed by atoms with E-state index in [1.165, 1.54) is 11.9 Å². The van der Waals surface area contributed by atoms with Crippen LogP contribution in [0.4, 0.5) is 16.2 Å². The van der Waals surface area contributed by atoms with E-state index in [0.717, 1.165) is 16.7 Å². The van der Waals surface area contributed by atoms with Crippen LogP contribution in [0.1, 0.15) is 15.9 Å². The average Bonchev–Trinajstić information content (AvgIpc) is 2.70. The SMILES string of the molecule is CN(Cc1ccc(C(=O)Nc2cc(-c3ccccc3)ccc2N)cc1)C(=O)O. The molecule has 0 radical (unpaired) electrons. The normalized spacial score (nSPS) is 10.3. The number of hydrogen-bond acceptors (Lipinski definition) is 3. The lowest BCUT2D eigenvalue weighted by Crippen LogP contribution is -2.23. The summed E-state index contributed by atoms with van der Waals surface area (Å²) in [4.78, 5) is 24.7. The minimum atomic E-state index is -1.00. The number of carbonyl (C=O) groups excluding carboxylic acids is 1. The summed E-state index contributed by atoms with van der Waals surface area (Å²) in [5.41, 5.74) is 10.3. The predicted molar refractivity (Wildman–Crippen MR) is 110 cm³/mol. The summed E-state index contributed by atoms with van der Waals surface area (Å²) in [6.45, 7) is 0.253. The van der Waals surface area contributed by atoms with Gasteiger partial charge >= 0.3 is 6.09 Å². The fourth-order valence-electron chi connectivity index (χ4n) is 2.77. The first-order chi connectivity index (χ1) is 13.4. The maximum Gasteiger partial charge on any atom is 0.407 e. The smallest absolute Gasteiger partial charge is 0.407 e. The number of nitrogens with one attached hydrogen (secondary N) is 1. The fraction of sp³-hybridized carbons (Fsp3) is 0.0909. The van der Waals surface area contributed by atoms with E-state index in [-0.39, 0.29) is 12.5 Å². The van der Waals surface area contributed by atoms with E-state index >= 15 is 0 Å². The summed E-state index contributed by atoms with van der Waals surface area (Å²) in [5, 5.41) is 11.8. The standard InChI is InChI=1S/C22H21N3O3/c1-25(22(27)28)14-15-7-9-17(10-8-15)21(26)24-20-13-18(11-12-19(20)23)16-5-3-2-4-6-16/h2-13H,14,23H2,1H3,(H,24,26)(H,27,28). The van der Waals surface area contributed by atoms with Crippen molar-refractivity contribution in [3.05, 3.63) is 83.9 Å². The lowest BCUT2D eigenvalue weighted by Gasteiger charge is -2.13. The Morgan fingerprint density at radius 2 is 1.64 bits per heavy atom. The van der Waals surface area contributed by atoms with Gasteiger partial charge in [-0.05, 0) is 41.0 Å². The Morgan fingerprint density at radius 1 is 0.964 bits per heavy atom. The number of nitrogen functional groups attached to an aromatic ring is 1. The highest BCUT2D eigenvalue weighted by molar-refractivity contribution is 6.06. The van der Waals surface area contributed by atoms with Crippen LogP contribution < -0.4 is 11.1 Å². The van der Waals surface area contributed by atoms with Crippen molar-refractivity contribution < 1.29 is 14.7 Å². The van der Waals surface area contributed by atoms with Crippen LogP contribution >= 0.6 is 0 Å². The third-order valence-corrected chi connectivity index (χ3v) is 4.37. The van der Waals surface area contributed by atoms with Crippen molar-refractivity contribution in [3.63, 3.8) is 0 Å². The Kier molecular flexibility index (Phi) is 5.60. The van der Waals surface area contributed by atoms with Crippen LogP contribution in [0.3, 0.4) is 0 Å². The van der Waals surface area contributed by atoms with E-state index in [1.807, 2.05) is 42.5 Å². The molecule has 0 aromatic heterocycles. The van der Waals surface area contributed by atoms with Gasteiger partial charge in [-0.3, -0.25) is 4.79 Å². The number of anilines is 2. The van der Waals surface area contributed by atoms with E-state index in [1.54, 1.807) is 30.3 Å². The number of nitrogens with zero attached hydrogens (tertiary/aromatic N) is 1. The van der Waals surface area contributed by atoms with Gasteiger partial charge in [0, 0.05) is 19.2 Å². The minimum Gasteiger partial charge on any atom is -0.465 e. The zero-order valence-electron chi connectivity index (χ0n) is 15.4. The van der Waals surface area contributed by atoms with Gasteiger partial charge in [0.2, 0.25) is 0 Å². The highest BCUT2D eigenvalue weighted by Crippen LogP contribution is 2.27. The molecule has 6 heteroatoms. The van der Waals surface area contributed by atoms with Crippen LogP contribution in [-0.4, -0.2) is 29.1 Å². The van der Waals surface area contributed by atoms with Gasteiger partial charge in [-0.15, -0.1) is 0 Å². The van der Waals surface area contributed by atoms with E-state index in [4.69, 9.17) is 10.8 Å². The van der Waals surface area contributed by atoms with Gasteiger partial charge < -0.3 is 21.1 Å². The van der Waals surface area contributed by atoms with Gasteiger partial charge in [-0.25, -0.2) is 4.79 Å². The zero-order chi connectivity index (χ0) is 20.1. The molecule has 2 amide bonds. The molecule has 0 fully saturated rings. The van der Waals surface area contributed by atoms with Crippen LogP contribution in [0, 0.1) is 0 Å². The largest absolute Gasteiger partial charge is 0.465 e. The number of amides is 2. The Balaban J connectivity index is 1.75. The molecule has 142 valence electrons. The molecule has 0 heterocycles. The van der Waals surface area contributed by atoms with Crippen molar-refractivity contribution in [2.24, 2.45) is 0 Å². The fourth-order valence-corrected chi connectivity index (χ4v) is 2.77. The van der Waals surface area contributed by atoms with Gasteiger partial charge in [0.25, 0.3) is 5.91 Å². The second kappa shape index (κ2) is 8.26. The van der Waals surface area contributed by atoms with Crippen LogP contribution in [-0.2, 0) is 6.54 Å². The Labute approximate surface area is 163 Å². The molecule has 0 unspecified atom stereocenters. The molecule has 3 aromatic carbocycles. The van der Waals surface area contributed by atoms with Gasteiger partial charge in [0.1, 0.15) is 0 Å². The number of carboxylic acid groups (broad SMARTS) is 1. The lowest BCUT2D eigenvalue weighted by atomic mass is 10.0. The van der Waals surface area contributed by atoms with E-state index in [2.05, 4.69) is 5.32 Å². The number of rotatable bonds is 5. The summed E-state index contributed by atoms with van der Waals surface area (Å²) in [7, 11) is 1.49. The van der Waals surface area contributed by atoms with Crippen molar-refractivity contribution in [1.82, 2.24) is 4.90 Å². The molecule has 0 bridgehead atoms. The Hall–Kier alpha value is -3.80. The topological polar surface area (TPSA) is 95.7 Å². The van der Waals surface area contributed by atoms with Crippen molar-refractivity contribution in [2.75, 3.05) is 18.1 Å². The van der Waals surface area contributed by atoms with Gasteiger partial charge in [-0.2, -0.15) is 0 Å². The number of hydrogen-bond donors (Lipinski definition) is 3. The second-order valence-electron chi connectivity index (χ2n) is 6.46. The second-order valence-corrected chi connectivity index (χ2v) is 6.46. The molecular weight excluding hydrogens is 354 g/mol. The molecule has 0 spiro atoms. The number of carbonyl (C=O) groups is 2. The molecule has 6 nitrogen and oxygen atoms in total. The molecule has 28 heavy (non-hydrogen) atoms. The molecule has 3 rings (SSSR count). The Bertz CT molecular complexity index is 986. The summed E-state index contributed by atoms with van der Waals surface area (Å²) >= 11 is 0. The molecule has 0 aliphatic rings. The third kappa shape index (κ3) is 4.48. The van der Waals surface area contributed by atoms with Crippen molar-refractivity contribution >= 4 is 23.4 Å². The van der Waals surface area contributed by atoms with Crippen LogP contribution in [0.15, 0.2) is 72.8 Å². The average molecular weight is 375 g/mol. The number of benzene rings is 3. The highest BCUT2D eigenvalue weighted by Gasteiger charge is 2.11. The summed E-state index contributed by atoms with van der Waals surface area (Å²) in [6.07, 6.45) is -1.00. The predicted octanol–water partition coefficient (Wildman–Crippen LogP) is 4.30. The highest BCUT2D eigenvalue weighted by atomic mass is 16.4. The molecule has 3 aromatic rings. The van der Waals surface area contributed by atoms with Crippen molar-refractivity contribution in [2.45, 2.75) is 6.54 Å². The van der Waals surface area contributed by atoms with Gasteiger partial charge in [0.05, 0.1) is 11.4 Å². The third-order valence-electron chi connectivity index (χ3n) is 4.37. The molecule has 0 aliphatic heterocycles. The molecule has 0 saturated carbocycles. The van der Waals surface area contributed by atoms with Crippen molar-refractivity contribution in [3.8, 4) is 11.1 Å². The Morgan fingerprint density at radius 3 is 2.29 bits per heavy atom. The number of nitrogens with two attached hydrogens (primary N) is 1. The van der Waals surface area contributed by atoms with Gasteiger partial charge in [-0.1, -0.05) is 48.5 Å². The summed E-state index contributed by atoms with van der Waals surface area (Å²) in [6, 6.07) is 22.1. The van der Waals surface area contributed by atoms with E-state index in [9.17, 15) is 9.59 Å². The van der Waals surface area contributed by atoms with E-state index < -0.39 is 6.09 Å². The van der Waals surface area contributed by atoms with Crippen LogP contribution in [0.2, 0.25) is 0 Å². The van der Waals surface area contributed by atoms with Gasteiger partial charge in [0.15, 0.2) is 0 Å². The summed E-state index contributed by atoms with van der Waals surface area (Å²) < 4.78 is 0. The maximum atomic E-state index is 12.6. The molecule has 0 saturated heterocycles. The molecule has 0 aliphatic carbocycles. The maximum absolute atomic E-state index is 12.6. The van der Waals surface area contributed by atoms with Crippen molar-refractivity contribution in [1.29, 1.82) is 0 Å². The lowest BCUT2D eigenvalue weighted by molar-refractivity contribution is 0.102. The molecule has 0 atom stereocenters. The first kappa shape index (κ1) is 19.0. The first-order valence-corrected chi connectivity index (χ1v) is 8.73. The zero-order valence-corrected chi connectivity index (χ0v) is 15.4. The van der Waals surface area contributed by atoms with Crippen LogP contribution in [0.25, 0.3) is 11.1 Å². The monoisotopic (exact) mass is 375 g/mol. The molecule has 4 N–H and O–H groups in total. The summed E-state index contributed by atoms with van der Waals surface area (Å²) in [5.74, 6) is -0.282. The minimum absolute atomic E-state index is 0.253. The van der Waals surface area contributed by atoms with Crippen LogP contribution in [0.5, 0.6) is 0 Å². The molecular formula is C22H21N3O3.